The van der Waals surface area contributed by atoms with E-state index in [1.807, 2.05) is 25.1 Å². The largest absolute Gasteiger partial charge is 0.325 e. The normalized spacial score (nSPS) is 35.3. The summed E-state index contributed by atoms with van der Waals surface area (Å²) in [6.45, 7) is 6.67. The van der Waals surface area contributed by atoms with Crippen molar-refractivity contribution >= 4 is 23.2 Å². The van der Waals surface area contributed by atoms with E-state index in [9.17, 15) is 4.79 Å². The van der Waals surface area contributed by atoms with Gasteiger partial charge in [-0.1, -0.05) is 17.7 Å². The predicted molar refractivity (Wildman–Crippen MR) is 114 cm³/mol. The third kappa shape index (κ3) is 3.48. The van der Waals surface area contributed by atoms with Crippen LogP contribution < -0.4 is 5.32 Å². The number of hydrogen-bond acceptors (Lipinski definition) is 3. The maximum atomic E-state index is 12.5. The molecular weight excluding hydrogens is 370 g/mol. The second kappa shape index (κ2) is 7.30. The second-order valence-corrected chi connectivity index (χ2v) is 10.3. The number of hydrogen-bond donors (Lipinski definition) is 1. The number of carbonyl (C=O) groups is 1. The summed E-state index contributed by atoms with van der Waals surface area (Å²) in [5.41, 5.74) is 2.26. The molecule has 152 valence electrons. The fraction of sp³-hybridized carbons (Fsp3) is 0.696. The number of benzene rings is 1. The Morgan fingerprint density at radius 3 is 2.29 bits per heavy atom. The molecule has 1 heterocycles. The highest BCUT2D eigenvalue weighted by molar-refractivity contribution is 6.31. The number of nitrogens with zero attached hydrogens (tertiary/aromatic N) is 2. The van der Waals surface area contributed by atoms with E-state index < -0.39 is 0 Å². The molecule has 4 aliphatic carbocycles. The number of rotatable bonds is 4. The van der Waals surface area contributed by atoms with Crippen molar-refractivity contribution in [2.24, 2.45) is 17.8 Å². The molecule has 1 saturated heterocycles. The fourth-order valence-electron chi connectivity index (χ4n) is 6.97. The molecule has 1 aliphatic heterocycles. The first kappa shape index (κ1) is 18.9. The third-order valence-electron chi connectivity index (χ3n) is 7.96. The molecule has 0 radical (unpaired) electrons. The van der Waals surface area contributed by atoms with Crippen molar-refractivity contribution < 1.29 is 4.79 Å². The quantitative estimate of drug-likeness (QED) is 0.822. The van der Waals surface area contributed by atoms with Crippen LogP contribution in [0.5, 0.6) is 0 Å². The highest BCUT2D eigenvalue weighted by Crippen LogP contribution is 2.57. The van der Waals surface area contributed by atoms with E-state index in [-0.39, 0.29) is 5.91 Å². The molecule has 4 nitrogen and oxygen atoms in total. The topological polar surface area (TPSA) is 35.6 Å². The van der Waals surface area contributed by atoms with Crippen LogP contribution >= 0.6 is 11.6 Å². The molecule has 0 atom stereocenters. The summed E-state index contributed by atoms with van der Waals surface area (Å²) in [6, 6.07) is 5.66. The predicted octanol–water partition coefficient (Wildman–Crippen LogP) is 4.17. The summed E-state index contributed by atoms with van der Waals surface area (Å²) >= 11 is 6.17. The van der Waals surface area contributed by atoms with E-state index in [0.717, 1.165) is 55.2 Å². The van der Waals surface area contributed by atoms with Crippen LogP contribution in [0.25, 0.3) is 0 Å². The minimum absolute atomic E-state index is 0.0635. The lowest BCUT2D eigenvalue weighted by Crippen LogP contribution is -2.64. The zero-order valence-corrected chi connectivity index (χ0v) is 17.7. The average Bonchev–Trinajstić information content (AvgIpc) is 2.65. The van der Waals surface area contributed by atoms with Crippen LogP contribution in [-0.4, -0.2) is 54.0 Å². The molecule has 0 aromatic heterocycles. The lowest BCUT2D eigenvalue weighted by atomic mass is 9.52. The van der Waals surface area contributed by atoms with Gasteiger partial charge in [0.05, 0.1) is 6.54 Å². The smallest absolute Gasteiger partial charge is 0.238 e. The number of anilines is 1. The Bertz CT molecular complexity index is 721. The highest BCUT2D eigenvalue weighted by atomic mass is 35.5. The zero-order valence-electron chi connectivity index (χ0n) is 16.9. The Kier molecular flexibility index (Phi) is 4.93. The summed E-state index contributed by atoms with van der Waals surface area (Å²) in [4.78, 5) is 17.7. The third-order valence-corrected chi connectivity index (χ3v) is 8.37. The van der Waals surface area contributed by atoms with Gasteiger partial charge < -0.3 is 5.32 Å². The van der Waals surface area contributed by atoms with Gasteiger partial charge in [0.1, 0.15) is 0 Å². The van der Waals surface area contributed by atoms with E-state index in [1.54, 1.807) is 0 Å². The molecule has 6 rings (SSSR count). The lowest BCUT2D eigenvalue weighted by Gasteiger charge is -2.61. The van der Waals surface area contributed by atoms with Gasteiger partial charge in [-0.15, -0.1) is 0 Å². The average molecular weight is 402 g/mol. The van der Waals surface area contributed by atoms with E-state index in [1.165, 1.54) is 38.5 Å². The number of piperazine rings is 1. The van der Waals surface area contributed by atoms with Crippen molar-refractivity contribution in [3.05, 3.63) is 28.8 Å². The summed E-state index contributed by atoms with van der Waals surface area (Å²) < 4.78 is 0. The van der Waals surface area contributed by atoms with E-state index >= 15 is 0 Å². The van der Waals surface area contributed by atoms with Crippen molar-refractivity contribution in [1.82, 2.24) is 9.80 Å². The highest BCUT2D eigenvalue weighted by Gasteiger charge is 2.53. The van der Waals surface area contributed by atoms with Crippen LogP contribution in [0, 0.1) is 24.7 Å². The first-order chi connectivity index (χ1) is 13.5. The molecule has 28 heavy (non-hydrogen) atoms. The summed E-state index contributed by atoms with van der Waals surface area (Å²) in [6.07, 6.45) is 8.82. The first-order valence-corrected chi connectivity index (χ1v) is 11.4. The van der Waals surface area contributed by atoms with Gasteiger partial charge in [0.15, 0.2) is 0 Å². The van der Waals surface area contributed by atoms with E-state index in [2.05, 4.69) is 15.1 Å². The molecule has 5 fully saturated rings. The Balaban J connectivity index is 1.16. The van der Waals surface area contributed by atoms with Crippen LogP contribution in [0.15, 0.2) is 18.2 Å². The molecule has 1 N–H and O–H groups in total. The molecule has 5 heteroatoms. The lowest BCUT2D eigenvalue weighted by molar-refractivity contribution is -0.120. The van der Waals surface area contributed by atoms with Crippen molar-refractivity contribution in [2.75, 3.05) is 38.0 Å². The van der Waals surface area contributed by atoms with Crippen LogP contribution in [0.2, 0.25) is 5.02 Å². The first-order valence-electron chi connectivity index (χ1n) is 11.0. The minimum Gasteiger partial charge on any atom is -0.325 e. The van der Waals surface area contributed by atoms with Crippen molar-refractivity contribution in [3.63, 3.8) is 0 Å². The Hall–Kier alpha value is -1.10. The Labute approximate surface area is 173 Å². The molecular formula is C23H32ClN3O. The van der Waals surface area contributed by atoms with E-state index in [0.29, 0.717) is 17.1 Å². The van der Waals surface area contributed by atoms with E-state index in [4.69, 9.17) is 11.6 Å². The number of halogens is 1. The molecule has 1 aromatic carbocycles. The van der Waals surface area contributed by atoms with Crippen LogP contribution in [0.4, 0.5) is 5.69 Å². The Morgan fingerprint density at radius 1 is 1.07 bits per heavy atom. The van der Waals surface area contributed by atoms with Gasteiger partial charge in [-0.05, 0) is 80.9 Å². The molecule has 1 amide bonds. The van der Waals surface area contributed by atoms with Gasteiger partial charge in [0.25, 0.3) is 0 Å². The van der Waals surface area contributed by atoms with Gasteiger partial charge >= 0.3 is 0 Å². The van der Waals surface area contributed by atoms with Gasteiger partial charge in [0.2, 0.25) is 5.91 Å². The van der Waals surface area contributed by atoms with Gasteiger partial charge in [-0.3, -0.25) is 14.6 Å². The van der Waals surface area contributed by atoms with Crippen LogP contribution in [0.1, 0.15) is 44.1 Å². The SMILES string of the molecule is Cc1c(Cl)cccc1NC(=O)CN1CCN(C23CC4CC(CC(C4)C2)C3)CC1. The molecule has 0 unspecified atom stereocenters. The number of amides is 1. The summed E-state index contributed by atoms with van der Waals surface area (Å²) in [7, 11) is 0. The standard InChI is InChI=1S/C23H32ClN3O/c1-16-20(24)3-2-4-21(16)25-22(28)15-26-5-7-27(8-6-26)23-12-17-9-18(13-23)11-19(10-17)14-23/h2-4,17-19H,5-15H2,1H3,(H,25,28). The molecule has 4 bridgehead atoms. The van der Waals surface area contributed by atoms with Crippen LogP contribution in [-0.2, 0) is 4.79 Å². The monoisotopic (exact) mass is 401 g/mol. The van der Waals surface area contributed by atoms with Crippen molar-refractivity contribution in [2.45, 2.75) is 51.0 Å². The summed E-state index contributed by atoms with van der Waals surface area (Å²) in [5.74, 6) is 3.05. The van der Waals surface area contributed by atoms with Gasteiger partial charge in [0, 0.05) is 42.4 Å². The van der Waals surface area contributed by atoms with Gasteiger partial charge in [-0.2, -0.15) is 0 Å². The molecule has 5 aliphatic rings. The van der Waals surface area contributed by atoms with Crippen molar-refractivity contribution in [1.29, 1.82) is 0 Å². The minimum atomic E-state index is 0.0635. The Morgan fingerprint density at radius 2 is 1.68 bits per heavy atom. The van der Waals surface area contributed by atoms with Crippen LogP contribution in [0.3, 0.4) is 0 Å². The van der Waals surface area contributed by atoms with Gasteiger partial charge in [-0.25, -0.2) is 0 Å². The number of nitrogens with one attached hydrogen (secondary N) is 1. The fourth-order valence-corrected chi connectivity index (χ4v) is 7.14. The number of carbonyl (C=O) groups excluding carboxylic acids is 1. The second-order valence-electron chi connectivity index (χ2n) is 9.87. The maximum absolute atomic E-state index is 12.5. The van der Waals surface area contributed by atoms with Crippen molar-refractivity contribution in [3.8, 4) is 0 Å². The molecule has 0 spiro atoms. The zero-order chi connectivity index (χ0) is 19.3. The summed E-state index contributed by atoms with van der Waals surface area (Å²) in [5, 5.41) is 3.74. The maximum Gasteiger partial charge on any atom is 0.238 e. The molecule has 4 saturated carbocycles. The molecule has 1 aromatic rings.